The monoisotopic (exact) mass is 419 g/mol. The molecule has 0 radical (unpaired) electrons. The molecule has 6 heteroatoms. The maximum Gasteiger partial charge on any atom is 0.246 e. The topological polar surface area (TPSA) is 52.7 Å². The van der Waals surface area contributed by atoms with Crippen molar-refractivity contribution in [2.24, 2.45) is 5.92 Å². The Morgan fingerprint density at radius 2 is 1.83 bits per heavy atom. The predicted octanol–water partition coefficient (Wildman–Crippen LogP) is 3.85. The first kappa shape index (κ1) is 22.1. The second-order valence-corrected chi connectivity index (χ2v) is 9.37. The summed E-state index contributed by atoms with van der Waals surface area (Å²) in [5.74, 6) is 0.524. The van der Waals surface area contributed by atoms with Crippen molar-refractivity contribution in [1.82, 2.24) is 15.1 Å². The van der Waals surface area contributed by atoms with Crippen LogP contribution >= 0.6 is 11.6 Å². The molecule has 2 aliphatic heterocycles. The van der Waals surface area contributed by atoms with E-state index >= 15 is 0 Å². The quantitative estimate of drug-likeness (QED) is 0.730. The minimum atomic E-state index is -0.684. The molecule has 29 heavy (non-hydrogen) atoms. The highest BCUT2D eigenvalue weighted by molar-refractivity contribution is 6.30. The van der Waals surface area contributed by atoms with Gasteiger partial charge in [0.1, 0.15) is 11.6 Å². The van der Waals surface area contributed by atoms with Crippen LogP contribution in [0.3, 0.4) is 0 Å². The van der Waals surface area contributed by atoms with Gasteiger partial charge in [-0.25, -0.2) is 0 Å². The molecule has 1 N–H and O–H groups in total. The summed E-state index contributed by atoms with van der Waals surface area (Å²) in [6.07, 6.45) is 4.03. The second kappa shape index (κ2) is 9.48. The molecule has 2 amide bonds. The Morgan fingerprint density at radius 1 is 1.17 bits per heavy atom. The summed E-state index contributed by atoms with van der Waals surface area (Å²) in [5.41, 5.74) is 0.533. The van der Waals surface area contributed by atoms with Gasteiger partial charge >= 0.3 is 0 Å². The third kappa shape index (κ3) is 4.95. The summed E-state index contributed by atoms with van der Waals surface area (Å²) in [5, 5.41) is 3.81. The molecule has 2 aliphatic rings. The van der Waals surface area contributed by atoms with Gasteiger partial charge in [0, 0.05) is 31.2 Å². The van der Waals surface area contributed by atoms with Crippen LogP contribution in [0.1, 0.15) is 58.4 Å². The molecule has 0 saturated carbocycles. The summed E-state index contributed by atoms with van der Waals surface area (Å²) in [4.78, 5) is 30.8. The summed E-state index contributed by atoms with van der Waals surface area (Å²) in [6, 6.07) is 7.55. The number of nitrogens with zero attached hydrogens (tertiary/aromatic N) is 2. The molecule has 1 aromatic rings. The average molecular weight is 420 g/mol. The van der Waals surface area contributed by atoms with Crippen LogP contribution in [0.4, 0.5) is 0 Å². The van der Waals surface area contributed by atoms with E-state index in [1.165, 1.54) is 5.56 Å². The number of hydrogen-bond acceptors (Lipinski definition) is 3. The zero-order valence-corrected chi connectivity index (χ0v) is 18.7. The summed E-state index contributed by atoms with van der Waals surface area (Å²) >= 11 is 5.99. The highest BCUT2D eigenvalue weighted by Gasteiger charge is 2.53. The number of nitrogens with one attached hydrogen (secondary N) is 1. The van der Waals surface area contributed by atoms with Crippen molar-refractivity contribution in [2.45, 2.75) is 71.0 Å². The zero-order valence-electron chi connectivity index (χ0n) is 17.9. The largest absolute Gasteiger partial charge is 0.342 e. The van der Waals surface area contributed by atoms with Crippen molar-refractivity contribution >= 4 is 23.4 Å². The fourth-order valence-corrected chi connectivity index (χ4v) is 4.70. The second-order valence-electron chi connectivity index (χ2n) is 8.93. The highest BCUT2D eigenvalue weighted by Crippen LogP contribution is 2.34. The minimum absolute atomic E-state index is 0.0463. The predicted molar refractivity (Wildman–Crippen MR) is 117 cm³/mol. The number of rotatable bonds is 7. The lowest BCUT2D eigenvalue weighted by atomic mass is 9.80. The van der Waals surface area contributed by atoms with Crippen molar-refractivity contribution in [3.63, 3.8) is 0 Å². The number of piperidine rings is 1. The first-order chi connectivity index (χ1) is 13.9. The van der Waals surface area contributed by atoms with E-state index < -0.39 is 5.54 Å². The van der Waals surface area contributed by atoms with Gasteiger partial charge in [0.15, 0.2) is 0 Å². The first-order valence-corrected chi connectivity index (χ1v) is 11.3. The number of hydrogen-bond donors (Lipinski definition) is 1. The number of halogens is 1. The van der Waals surface area contributed by atoms with Crippen molar-refractivity contribution in [1.29, 1.82) is 0 Å². The molecule has 0 bridgehead atoms. The van der Waals surface area contributed by atoms with E-state index in [1.807, 2.05) is 29.2 Å². The molecule has 2 saturated heterocycles. The minimum Gasteiger partial charge on any atom is -0.342 e. The standard InChI is InChI=1S/C23H34ClN3O2/c1-4-5-12-27-21(28)20(15-17(2)3)25-22(29)23(27)10-13-26(14-11-23)16-18-6-8-19(24)9-7-18/h6-9,17,20H,4-5,10-16H2,1-3H3,(H,25,29). The van der Waals surface area contributed by atoms with Crippen molar-refractivity contribution in [3.8, 4) is 0 Å². The number of carbonyl (C=O) groups excluding carboxylic acids is 2. The van der Waals surface area contributed by atoms with Crippen LogP contribution in [-0.2, 0) is 16.1 Å². The van der Waals surface area contributed by atoms with Gasteiger partial charge in [-0.2, -0.15) is 0 Å². The highest BCUT2D eigenvalue weighted by atomic mass is 35.5. The summed E-state index contributed by atoms with van der Waals surface area (Å²) < 4.78 is 0. The SMILES string of the molecule is CCCCN1C(=O)C(CC(C)C)NC(=O)C12CCN(Cc1ccc(Cl)cc1)CC2. The maximum absolute atomic E-state index is 13.3. The maximum atomic E-state index is 13.3. The molecule has 2 fully saturated rings. The number of likely N-dealkylation sites (tertiary alicyclic amines) is 1. The summed E-state index contributed by atoms with van der Waals surface area (Å²) in [6.45, 7) is 9.44. The van der Waals surface area contributed by atoms with Crippen LogP contribution in [-0.4, -0.2) is 52.8 Å². The third-order valence-electron chi connectivity index (χ3n) is 6.25. The first-order valence-electron chi connectivity index (χ1n) is 10.9. The van der Waals surface area contributed by atoms with Crippen LogP contribution in [0.5, 0.6) is 0 Å². The van der Waals surface area contributed by atoms with Gasteiger partial charge in [0.2, 0.25) is 11.8 Å². The van der Waals surface area contributed by atoms with Gasteiger partial charge in [-0.3, -0.25) is 14.5 Å². The molecule has 3 rings (SSSR count). The van der Waals surface area contributed by atoms with E-state index in [0.29, 0.717) is 31.7 Å². The Hall–Kier alpha value is -1.59. The van der Waals surface area contributed by atoms with Gasteiger partial charge in [0.05, 0.1) is 0 Å². The Morgan fingerprint density at radius 3 is 2.41 bits per heavy atom. The van der Waals surface area contributed by atoms with Gasteiger partial charge in [-0.1, -0.05) is 50.9 Å². The average Bonchev–Trinajstić information content (AvgIpc) is 2.69. The number of carbonyl (C=O) groups is 2. The lowest BCUT2D eigenvalue weighted by molar-refractivity contribution is -0.161. The molecule has 0 aliphatic carbocycles. The molecular formula is C23H34ClN3O2. The number of amides is 2. The van der Waals surface area contributed by atoms with Gasteiger partial charge in [-0.15, -0.1) is 0 Å². The third-order valence-corrected chi connectivity index (χ3v) is 6.51. The molecule has 160 valence electrons. The number of benzene rings is 1. The van der Waals surface area contributed by atoms with E-state index in [-0.39, 0.29) is 17.9 Å². The lowest BCUT2D eigenvalue weighted by Gasteiger charge is -2.52. The lowest BCUT2D eigenvalue weighted by Crippen LogP contribution is -2.73. The number of unbranched alkanes of at least 4 members (excludes halogenated alkanes) is 1. The Kier molecular flexibility index (Phi) is 7.23. The zero-order chi connectivity index (χ0) is 21.0. The molecular weight excluding hydrogens is 386 g/mol. The summed E-state index contributed by atoms with van der Waals surface area (Å²) in [7, 11) is 0. The molecule has 1 atom stereocenters. The van der Waals surface area contributed by atoms with E-state index in [1.54, 1.807) is 0 Å². The fourth-order valence-electron chi connectivity index (χ4n) is 4.57. The fraction of sp³-hybridized carbons (Fsp3) is 0.652. The smallest absolute Gasteiger partial charge is 0.246 e. The molecule has 1 spiro atoms. The Labute approximate surface area is 179 Å². The molecule has 5 nitrogen and oxygen atoms in total. The van der Waals surface area contributed by atoms with Crippen LogP contribution in [0.25, 0.3) is 0 Å². The van der Waals surface area contributed by atoms with Crippen molar-refractivity contribution in [3.05, 3.63) is 34.9 Å². The van der Waals surface area contributed by atoms with Crippen molar-refractivity contribution < 1.29 is 9.59 Å². The van der Waals surface area contributed by atoms with E-state index in [0.717, 1.165) is 37.5 Å². The molecule has 2 heterocycles. The van der Waals surface area contributed by atoms with Crippen molar-refractivity contribution in [2.75, 3.05) is 19.6 Å². The van der Waals surface area contributed by atoms with Gasteiger partial charge in [-0.05, 0) is 49.3 Å². The van der Waals surface area contributed by atoms with Crippen LogP contribution < -0.4 is 5.32 Å². The van der Waals surface area contributed by atoms with Gasteiger partial charge < -0.3 is 10.2 Å². The van der Waals surface area contributed by atoms with Gasteiger partial charge in [0.25, 0.3) is 0 Å². The normalized spacial score (nSPS) is 22.4. The van der Waals surface area contributed by atoms with E-state index in [9.17, 15) is 9.59 Å². The molecule has 0 aromatic heterocycles. The number of piperazine rings is 1. The molecule has 1 unspecified atom stereocenters. The van der Waals surface area contributed by atoms with Crippen LogP contribution in [0.2, 0.25) is 5.02 Å². The van der Waals surface area contributed by atoms with Crippen LogP contribution in [0, 0.1) is 5.92 Å². The Bertz CT molecular complexity index is 711. The Balaban J connectivity index is 1.72. The van der Waals surface area contributed by atoms with E-state index in [4.69, 9.17) is 11.6 Å². The molecule has 1 aromatic carbocycles. The van der Waals surface area contributed by atoms with E-state index in [2.05, 4.69) is 31.0 Å². The van der Waals surface area contributed by atoms with Crippen LogP contribution in [0.15, 0.2) is 24.3 Å².